The number of fused-ring (bicyclic) bond motifs is 2. The second kappa shape index (κ2) is 7.33. The Labute approximate surface area is 172 Å². The third kappa shape index (κ3) is 3.22. The van der Waals surface area contributed by atoms with E-state index in [4.69, 9.17) is 0 Å². The van der Waals surface area contributed by atoms with Crippen molar-refractivity contribution in [3.8, 4) is 5.75 Å². The first-order chi connectivity index (χ1) is 14.6. The number of aromatic hydroxyl groups is 1. The van der Waals surface area contributed by atoms with Crippen molar-refractivity contribution in [2.24, 2.45) is 0 Å². The number of aromatic nitrogens is 3. The monoisotopic (exact) mass is 402 g/mol. The summed E-state index contributed by atoms with van der Waals surface area (Å²) in [5.41, 5.74) is 1.78. The zero-order chi connectivity index (χ0) is 20.7. The van der Waals surface area contributed by atoms with Crippen molar-refractivity contribution in [3.63, 3.8) is 0 Å². The molecular formula is C23H22N4O3. The van der Waals surface area contributed by atoms with Crippen LogP contribution in [-0.2, 0) is 0 Å². The SMILES string of the molecule is O=C(NC1CCC(c2n[nH]c(=O)c3ccccc23)CC1)c1cc2cccc(O)c2[nH]1. The van der Waals surface area contributed by atoms with E-state index in [1.165, 1.54) is 0 Å². The number of amides is 1. The van der Waals surface area contributed by atoms with E-state index < -0.39 is 0 Å². The molecule has 0 aliphatic heterocycles. The molecule has 7 nitrogen and oxygen atoms in total. The van der Waals surface area contributed by atoms with Crippen molar-refractivity contribution < 1.29 is 9.90 Å². The Hall–Kier alpha value is -3.61. The third-order valence-corrected chi connectivity index (χ3v) is 6.05. The van der Waals surface area contributed by atoms with E-state index in [1.807, 2.05) is 30.3 Å². The molecule has 1 amide bonds. The van der Waals surface area contributed by atoms with Crippen LogP contribution in [0, 0.1) is 0 Å². The Balaban J connectivity index is 1.28. The number of aromatic amines is 2. The van der Waals surface area contributed by atoms with Crippen LogP contribution in [0.15, 0.2) is 53.3 Å². The molecular weight excluding hydrogens is 380 g/mol. The standard InChI is InChI=1S/C23H22N4O3/c28-19-7-3-4-14-12-18(25-21(14)19)23(30)24-15-10-8-13(9-11-15)20-16-5-1-2-6-17(16)22(29)27-26-20/h1-7,12-13,15,25,28H,8-11H2,(H,24,30)(H,27,29). The minimum Gasteiger partial charge on any atom is -0.506 e. The van der Waals surface area contributed by atoms with Gasteiger partial charge < -0.3 is 15.4 Å². The van der Waals surface area contributed by atoms with Crippen LogP contribution in [0.25, 0.3) is 21.7 Å². The topological polar surface area (TPSA) is 111 Å². The molecule has 0 atom stereocenters. The Morgan fingerprint density at radius 3 is 2.57 bits per heavy atom. The highest BCUT2D eigenvalue weighted by Gasteiger charge is 2.26. The first-order valence-electron chi connectivity index (χ1n) is 10.2. The van der Waals surface area contributed by atoms with Gasteiger partial charge in [-0.1, -0.05) is 30.3 Å². The summed E-state index contributed by atoms with van der Waals surface area (Å²) in [6, 6.07) is 14.6. The second-order valence-electron chi connectivity index (χ2n) is 7.93. The molecule has 0 bridgehead atoms. The molecule has 152 valence electrons. The molecule has 7 heteroatoms. The van der Waals surface area contributed by atoms with Gasteiger partial charge in [0.15, 0.2) is 0 Å². The summed E-state index contributed by atoms with van der Waals surface area (Å²) >= 11 is 0. The molecule has 1 fully saturated rings. The predicted octanol–water partition coefficient (Wildman–Crippen LogP) is 3.57. The van der Waals surface area contributed by atoms with Crippen LogP contribution in [0.4, 0.5) is 0 Å². The normalized spacial score (nSPS) is 19.2. The molecule has 1 aliphatic carbocycles. The minimum absolute atomic E-state index is 0.0859. The van der Waals surface area contributed by atoms with Crippen molar-refractivity contribution >= 4 is 27.6 Å². The average Bonchev–Trinajstić information content (AvgIpc) is 3.21. The van der Waals surface area contributed by atoms with E-state index in [0.29, 0.717) is 16.6 Å². The number of nitrogens with one attached hydrogen (secondary N) is 3. The molecule has 1 aliphatic rings. The lowest BCUT2D eigenvalue weighted by Crippen LogP contribution is -2.37. The number of carbonyl (C=O) groups excluding carboxylic acids is 1. The summed E-state index contributed by atoms with van der Waals surface area (Å²) in [5, 5.41) is 22.4. The van der Waals surface area contributed by atoms with E-state index in [2.05, 4.69) is 20.5 Å². The first kappa shape index (κ1) is 18.4. The van der Waals surface area contributed by atoms with Gasteiger partial charge in [-0.05, 0) is 43.9 Å². The van der Waals surface area contributed by atoms with Crippen LogP contribution in [0.3, 0.4) is 0 Å². The number of hydrogen-bond acceptors (Lipinski definition) is 4. The lowest BCUT2D eigenvalue weighted by Gasteiger charge is -2.29. The van der Waals surface area contributed by atoms with Crippen LogP contribution >= 0.6 is 0 Å². The number of nitrogens with zero attached hydrogens (tertiary/aromatic N) is 1. The Morgan fingerprint density at radius 1 is 1.03 bits per heavy atom. The first-order valence-corrected chi connectivity index (χ1v) is 10.2. The van der Waals surface area contributed by atoms with E-state index in [0.717, 1.165) is 42.1 Å². The molecule has 4 aromatic rings. The number of para-hydroxylation sites is 1. The quantitative estimate of drug-likeness (QED) is 0.420. The van der Waals surface area contributed by atoms with Crippen molar-refractivity contribution in [1.29, 1.82) is 0 Å². The summed E-state index contributed by atoms with van der Waals surface area (Å²) < 4.78 is 0. The number of phenolic OH excluding ortho intramolecular Hbond substituents is 1. The molecule has 1 saturated carbocycles. The fraction of sp³-hybridized carbons (Fsp3) is 0.261. The van der Waals surface area contributed by atoms with Crippen LogP contribution in [-0.4, -0.2) is 32.2 Å². The van der Waals surface area contributed by atoms with E-state index in [-0.39, 0.29) is 29.2 Å². The lowest BCUT2D eigenvalue weighted by molar-refractivity contribution is 0.0921. The summed E-state index contributed by atoms with van der Waals surface area (Å²) in [6.07, 6.45) is 3.47. The molecule has 5 rings (SSSR count). The maximum absolute atomic E-state index is 12.7. The molecule has 2 aromatic heterocycles. The fourth-order valence-electron chi connectivity index (χ4n) is 4.48. The largest absolute Gasteiger partial charge is 0.506 e. The Bertz CT molecular complexity index is 1300. The maximum Gasteiger partial charge on any atom is 0.272 e. The van der Waals surface area contributed by atoms with Crippen molar-refractivity contribution in [2.75, 3.05) is 0 Å². The smallest absolute Gasteiger partial charge is 0.272 e. The van der Waals surface area contributed by atoms with E-state index in [9.17, 15) is 14.7 Å². The fourth-order valence-corrected chi connectivity index (χ4v) is 4.48. The van der Waals surface area contributed by atoms with Crippen LogP contribution in [0.2, 0.25) is 0 Å². The van der Waals surface area contributed by atoms with Crippen molar-refractivity contribution in [3.05, 3.63) is 70.3 Å². The third-order valence-electron chi connectivity index (χ3n) is 6.05. The molecule has 0 saturated heterocycles. The molecule has 0 spiro atoms. The highest BCUT2D eigenvalue weighted by molar-refractivity contribution is 5.99. The minimum atomic E-state index is -0.167. The van der Waals surface area contributed by atoms with Gasteiger partial charge in [0.2, 0.25) is 0 Å². The Morgan fingerprint density at radius 2 is 1.80 bits per heavy atom. The van der Waals surface area contributed by atoms with Gasteiger partial charge in [-0.3, -0.25) is 9.59 Å². The van der Waals surface area contributed by atoms with Crippen molar-refractivity contribution in [2.45, 2.75) is 37.6 Å². The van der Waals surface area contributed by atoms with Gasteiger partial charge in [0, 0.05) is 22.7 Å². The lowest BCUT2D eigenvalue weighted by atomic mass is 9.82. The summed E-state index contributed by atoms with van der Waals surface area (Å²) in [6.45, 7) is 0. The number of H-pyrrole nitrogens is 2. The van der Waals surface area contributed by atoms with Gasteiger partial charge in [-0.25, -0.2) is 5.10 Å². The molecule has 0 unspecified atom stereocenters. The predicted molar refractivity (Wildman–Crippen MR) is 115 cm³/mol. The van der Waals surface area contributed by atoms with Gasteiger partial charge >= 0.3 is 0 Å². The summed E-state index contributed by atoms with van der Waals surface area (Å²) in [7, 11) is 0. The molecule has 4 N–H and O–H groups in total. The molecule has 0 radical (unpaired) electrons. The van der Waals surface area contributed by atoms with Gasteiger partial charge in [-0.2, -0.15) is 5.10 Å². The molecule has 30 heavy (non-hydrogen) atoms. The zero-order valence-corrected chi connectivity index (χ0v) is 16.3. The number of rotatable bonds is 3. The van der Waals surface area contributed by atoms with E-state index >= 15 is 0 Å². The van der Waals surface area contributed by atoms with Crippen LogP contribution < -0.4 is 10.9 Å². The number of carbonyl (C=O) groups is 1. The maximum atomic E-state index is 12.7. The van der Waals surface area contributed by atoms with Gasteiger partial charge in [0.05, 0.1) is 16.6 Å². The number of benzene rings is 2. The van der Waals surface area contributed by atoms with Crippen LogP contribution in [0.1, 0.15) is 47.8 Å². The van der Waals surface area contributed by atoms with Gasteiger partial charge in [0.1, 0.15) is 11.4 Å². The highest BCUT2D eigenvalue weighted by Crippen LogP contribution is 2.34. The van der Waals surface area contributed by atoms with Gasteiger partial charge in [0.25, 0.3) is 11.5 Å². The van der Waals surface area contributed by atoms with Crippen LogP contribution in [0.5, 0.6) is 5.75 Å². The molecule has 2 aromatic carbocycles. The van der Waals surface area contributed by atoms with Gasteiger partial charge in [-0.15, -0.1) is 0 Å². The van der Waals surface area contributed by atoms with Crippen molar-refractivity contribution in [1.82, 2.24) is 20.5 Å². The summed E-state index contributed by atoms with van der Waals surface area (Å²) in [5.74, 6) is 0.222. The zero-order valence-electron chi connectivity index (χ0n) is 16.3. The second-order valence-corrected chi connectivity index (χ2v) is 7.93. The molecule has 2 heterocycles. The highest BCUT2D eigenvalue weighted by atomic mass is 16.3. The number of phenols is 1. The average molecular weight is 402 g/mol. The summed E-state index contributed by atoms with van der Waals surface area (Å²) in [4.78, 5) is 27.7. The Kier molecular flexibility index (Phi) is 4.50. The number of hydrogen-bond donors (Lipinski definition) is 4. The van der Waals surface area contributed by atoms with E-state index in [1.54, 1.807) is 18.2 Å².